The van der Waals surface area contributed by atoms with Crippen LogP contribution in [0.4, 0.5) is 0 Å². The Kier molecular flexibility index (Phi) is 5.89. The van der Waals surface area contributed by atoms with Crippen LogP contribution >= 0.6 is 0 Å². The maximum absolute atomic E-state index is 11.9. The van der Waals surface area contributed by atoms with Crippen LogP contribution in [0.15, 0.2) is 23.2 Å². The summed E-state index contributed by atoms with van der Waals surface area (Å²) in [5, 5.41) is 11.8. The van der Waals surface area contributed by atoms with E-state index in [4.69, 9.17) is 5.26 Å². The van der Waals surface area contributed by atoms with Crippen LogP contribution in [0.5, 0.6) is 0 Å². The number of hydrogen-bond acceptors (Lipinski definition) is 5. The molecule has 0 aliphatic heterocycles. The van der Waals surface area contributed by atoms with Crippen LogP contribution in [0.25, 0.3) is 0 Å². The molecule has 1 heterocycles. The van der Waals surface area contributed by atoms with Gasteiger partial charge in [0.1, 0.15) is 16.7 Å². The molecule has 0 saturated heterocycles. The average Bonchev–Trinajstić information content (AvgIpc) is 2.38. The minimum Gasteiger partial charge on any atom is -0.314 e. The zero-order valence-electron chi connectivity index (χ0n) is 11.0. The van der Waals surface area contributed by atoms with Gasteiger partial charge in [-0.1, -0.05) is 13.8 Å². The minimum atomic E-state index is -3.54. The Hall–Kier alpha value is -1.49. The summed E-state index contributed by atoms with van der Waals surface area (Å²) in [4.78, 5) is 3.81. The molecule has 1 rings (SSSR count). The first-order chi connectivity index (χ1) is 8.95. The van der Waals surface area contributed by atoms with Crippen molar-refractivity contribution in [1.82, 2.24) is 15.0 Å². The van der Waals surface area contributed by atoms with Crippen molar-refractivity contribution in [2.75, 3.05) is 13.1 Å². The lowest BCUT2D eigenvalue weighted by Crippen LogP contribution is -2.29. The van der Waals surface area contributed by atoms with Gasteiger partial charge in [-0.05, 0) is 25.1 Å². The summed E-state index contributed by atoms with van der Waals surface area (Å²) in [5.74, 6) is 0. The Bertz CT molecular complexity index is 532. The molecule has 0 aliphatic rings. The molecule has 1 aromatic rings. The fourth-order valence-electron chi connectivity index (χ4n) is 1.37. The first kappa shape index (κ1) is 15.6. The molecule has 19 heavy (non-hydrogen) atoms. The molecule has 0 atom stereocenters. The molecule has 0 fully saturated rings. The Balaban J connectivity index is 2.49. The van der Waals surface area contributed by atoms with Crippen molar-refractivity contribution in [3.63, 3.8) is 0 Å². The molecule has 2 N–H and O–H groups in total. The number of nitrogens with one attached hydrogen (secondary N) is 2. The number of pyridine rings is 1. The van der Waals surface area contributed by atoms with Gasteiger partial charge in [0.25, 0.3) is 0 Å². The van der Waals surface area contributed by atoms with Crippen LogP contribution in [0, 0.1) is 11.3 Å². The van der Waals surface area contributed by atoms with E-state index in [2.05, 4.69) is 15.0 Å². The minimum absolute atomic E-state index is 0.0725. The summed E-state index contributed by atoms with van der Waals surface area (Å²) in [7, 11) is -3.54. The Morgan fingerprint density at radius 3 is 2.63 bits per heavy atom. The number of nitrogens with zero attached hydrogens (tertiary/aromatic N) is 2. The lowest BCUT2D eigenvalue weighted by molar-refractivity contribution is 0.554. The third-order valence-corrected chi connectivity index (χ3v) is 3.81. The van der Waals surface area contributed by atoms with E-state index in [-0.39, 0.29) is 10.6 Å². The van der Waals surface area contributed by atoms with E-state index in [1.54, 1.807) is 0 Å². The van der Waals surface area contributed by atoms with E-state index in [0.717, 1.165) is 6.54 Å². The number of aromatic nitrogens is 1. The summed E-state index contributed by atoms with van der Waals surface area (Å²) < 4.78 is 26.2. The van der Waals surface area contributed by atoms with Gasteiger partial charge in [-0.15, -0.1) is 0 Å². The topological polar surface area (TPSA) is 94.9 Å². The maximum atomic E-state index is 11.9. The molecule has 0 saturated carbocycles. The molecule has 104 valence electrons. The Labute approximate surface area is 113 Å². The van der Waals surface area contributed by atoms with Crippen molar-refractivity contribution >= 4 is 10.0 Å². The van der Waals surface area contributed by atoms with Gasteiger partial charge in [-0.2, -0.15) is 5.26 Å². The summed E-state index contributed by atoms with van der Waals surface area (Å²) in [6.45, 7) is 5.19. The van der Waals surface area contributed by atoms with Gasteiger partial charge >= 0.3 is 0 Å². The third kappa shape index (κ3) is 5.34. The Morgan fingerprint density at radius 1 is 1.37 bits per heavy atom. The highest BCUT2D eigenvalue weighted by Gasteiger charge is 2.13. The van der Waals surface area contributed by atoms with Crippen molar-refractivity contribution in [2.24, 2.45) is 0 Å². The zero-order chi connectivity index (χ0) is 14.3. The van der Waals surface area contributed by atoms with Crippen molar-refractivity contribution in [3.05, 3.63) is 24.0 Å². The first-order valence-corrected chi connectivity index (χ1v) is 7.53. The van der Waals surface area contributed by atoms with Gasteiger partial charge in [0, 0.05) is 18.8 Å². The second-order valence-corrected chi connectivity index (χ2v) is 6.12. The largest absolute Gasteiger partial charge is 0.314 e. The van der Waals surface area contributed by atoms with Crippen LogP contribution in [-0.2, 0) is 10.0 Å². The van der Waals surface area contributed by atoms with Crippen molar-refractivity contribution in [1.29, 1.82) is 5.26 Å². The Morgan fingerprint density at radius 2 is 2.11 bits per heavy atom. The molecule has 0 aromatic carbocycles. The zero-order valence-corrected chi connectivity index (χ0v) is 11.9. The van der Waals surface area contributed by atoms with Crippen molar-refractivity contribution in [2.45, 2.75) is 31.2 Å². The maximum Gasteiger partial charge on any atom is 0.242 e. The quantitative estimate of drug-likeness (QED) is 0.715. The van der Waals surface area contributed by atoms with Gasteiger partial charge in [0.15, 0.2) is 0 Å². The van der Waals surface area contributed by atoms with E-state index in [0.29, 0.717) is 19.0 Å². The molecule has 0 amide bonds. The number of nitriles is 1. The second kappa shape index (κ2) is 7.19. The fourth-order valence-corrected chi connectivity index (χ4v) is 2.39. The van der Waals surface area contributed by atoms with E-state index in [9.17, 15) is 8.42 Å². The molecular formula is C12H18N4O2S. The van der Waals surface area contributed by atoms with Gasteiger partial charge < -0.3 is 5.32 Å². The molecule has 0 aliphatic carbocycles. The molecule has 1 aromatic heterocycles. The predicted molar refractivity (Wildman–Crippen MR) is 71.9 cm³/mol. The van der Waals surface area contributed by atoms with Crippen LogP contribution in [0.2, 0.25) is 0 Å². The molecule has 0 spiro atoms. The van der Waals surface area contributed by atoms with Gasteiger partial charge in [-0.3, -0.25) is 0 Å². The highest BCUT2D eigenvalue weighted by Crippen LogP contribution is 2.07. The van der Waals surface area contributed by atoms with Crippen LogP contribution in [0.1, 0.15) is 26.0 Å². The average molecular weight is 282 g/mol. The van der Waals surface area contributed by atoms with Crippen LogP contribution < -0.4 is 10.0 Å². The number of sulfonamides is 1. The number of hydrogen-bond donors (Lipinski definition) is 2. The normalized spacial score (nSPS) is 11.5. The standard InChI is InChI=1S/C12H18N4O2S/c1-10(2)14-6-3-7-16-19(17,18)12-5-4-11(8-13)15-9-12/h4-5,9-10,14,16H,3,6-7H2,1-2H3. The van der Waals surface area contributed by atoms with E-state index >= 15 is 0 Å². The summed E-state index contributed by atoms with van der Waals surface area (Å²) in [6, 6.07) is 4.99. The molecular weight excluding hydrogens is 264 g/mol. The molecule has 0 unspecified atom stereocenters. The molecule has 7 heteroatoms. The lowest BCUT2D eigenvalue weighted by Gasteiger charge is -2.09. The van der Waals surface area contributed by atoms with Crippen LogP contribution in [0.3, 0.4) is 0 Å². The third-order valence-electron chi connectivity index (χ3n) is 2.36. The molecule has 0 radical (unpaired) electrons. The highest BCUT2D eigenvalue weighted by atomic mass is 32.2. The second-order valence-electron chi connectivity index (χ2n) is 4.35. The highest BCUT2D eigenvalue weighted by molar-refractivity contribution is 7.89. The lowest BCUT2D eigenvalue weighted by atomic mass is 10.3. The first-order valence-electron chi connectivity index (χ1n) is 6.05. The van der Waals surface area contributed by atoms with E-state index in [1.165, 1.54) is 18.3 Å². The van der Waals surface area contributed by atoms with Crippen molar-refractivity contribution in [3.8, 4) is 6.07 Å². The predicted octanol–water partition coefficient (Wildman–Crippen LogP) is 0.620. The van der Waals surface area contributed by atoms with Gasteiger partial charge in [0.05, 0.1) is 0 Å². The number of rotatable bonds is 7. The molecule has 6 nitrogen and oxygen atoms in total. The van der Waals surface area contributed by atoms with Crippen LogP contribution in [-0.4, -0.2) is 32.5 Å². The van der Waals surface area contributed by atoms with E-state index in [1.807, 2.05) is 19.9 Å². The summed E-state index contributed by atoms with van der Waals surface area (Å²) in [5.41, 5.74) is 0.195. The summed E-state index contributed by atoms with van der Waals surface area (Å²) >= 11 is 0. The van der Waals surface area contributed by atoms with Gasteiger partial charge in [0.2, 0.25) is 10.0 Å². The van der Waals surface area contributed by atoms with Crippen molar-refractivity contribution < 1.29 is 8.42 Å². The SMILES string of the molecule is CC(C)NCCCNS(=O)(=O)c1ccc(C#N)nc1. The van der Waals surface area contributed by atoms with Gasteiger partial charge in [-0.25, -0.2) is 18.1 Å². The summed E-state index contributed by atoms with van der Waals surface area (Å²) in [6.07, 6.45) is 1.90. The smallest absolute Gasteiger partial charge is 0.242 e. The molecule has 0 bridgehead atoms. The monoisotopic (exact) mass is 282 g/mol. The van der Waals surface area contributed by atoms with E-state index < -0.39 is 10.0 Å². The fraction of sp³-hybridized carbons (Fsp3) is 0.500.